The average Bonchev–Trinajstić information content (AvgIpc) is 3.24. The lowest BCUT2D eigenvalue weighted by molar-refractivity contribution is -0.217. The molecule has 2 aromatic rings. The minimum atomic E-state index is -1.61. The van der Waals surface area contributed by atoms with Crippen molar-refractivity contribution in [2.45, 2.75) is 56.8 Å². The molecule has 1 fully saturated rings. The number of benzene rings is 2. The Labute approximate surface area is 230 Å². The maximum absolute atomic E-state index is 12.7. The van der Waals surface area contributed by atoms with Crippen LogP contribution in [0.15, 0.2) is 48.5 Å². The van der Waals surface area contributed by atoms with Crippen molar-refractivity contribution in [2.24, 2.45) is 5.92 Å². The standard InChI is InChI=1S/C28H32N2O10/c1-14-24(33)25(34)22(13-38-15(2)31)40-26(14)30-23(32)11-21(27(35)36)29-28(37)39-12-20-18-9-5-3-7-16(18)17-8-4-6-10-19(17)20/h3-10,14,20-22,24-26,33-34H,11-13H2,1-2H3,(H,29,37)(H,30,32)(H,35,36)/t14-,21-,22?,24?,25+,26+/m0/s1. The molecule has 2 aromatic carbocycles. The Hall–Kier alpha value is -4.00. The average molecular weight is 557 g/mol. The second-order valence-electron chi connectivity index (χ2n) is 9.87. The second kappa shape index (κ2) is 12.5. The molecule has 40 heavy (non-hydrogen) atoms. The second-order valence-corrected chi connectivity index (χ2v) is 9.87. The van der Waals surface area contributed by atoms with Crippen molar-refractivity contribution in [3.63, 3.8) is 0 Å². The molecular weight excluding hydrogens is 524 g/mol. The lowest BCUT2D eigenvalue weighted by Gasteiger charge is -2.41. The first kappa shape index (κ1) is 29.0. The molecule has 1 aliphatic heterocycles. The molecule has 1 heterocycles. The zero-order valence-corrected chi connectivity index (χ0v) is 22.0. The maximum Gasteiger partial charge on any atom is 0.407 e. The monoisotopic (exact) mass is 556 g/mol. The highest BCUT2D eigenvalue weighted by atomic mass is 16.6. The van der Waals surface area contributed by atoms with E-state index in [4.69, 9.17) is 14.2 Å². The van der Waals surface area contributed by atoms with Crippen molar-refractivity contribution in [1.82, 2.24) is 10.6 Å². The molecule has 0 radical (unpaired) electrons. The molecule has 2 unspecified atom stereocenters. The number of carboxylic acid groups (broad SMARTS) is 1. The number of nitrogens with one attached hydrogen (secondary N) is 2. The van der Waals surface area contributed by atoms with E-state index in [0.29, 0.717) is 0 Å². The van der Waals surface area contributed by atoms with Crippen LogP contribution in [0.5, 0.6) is 0 Å². The Morgan fingerprint density at radius 1 is 0.925 bits per heavy atom. The maximum atomic E-state index is 12.7. The van der Waals surface area contributed by atoms with Crippen LogP contribution < -0.4 is 10.6 Å². The van der Waals surface area contributed by atoms with Gasteiger partial charge in [0.15, 0.2) is 0 Å². The SMILES string of the molecule is CC(=O)OCC1O[C@@H](NC(=O)C[C@H](NC(=O)OCC2c3ccccc3-c3ccccc32)C(=O)O)[C@@H](C)C(O)[C@@H]1O. The van der Waals surface area contributed by atoms with Crippen molar-refractivity contribution in [3.8, 4) is 11.1 Å². The number of hydrogen-bond acceptors (Lipinski definition) is 9. The number of aliphatic carboxylic acids is 1. The van der Waals surface area contributed by atoms with Crippen LogP contribution in [0, 0.1) is 5.92 Å². The van der Waals surface area contributed by atoms with Gasteiger partial charge in [-0.25, -0.2) is 9.59 Å². The first-order valence-corrected chi connectivity index (χ1v) is 12.9. The number of fused-ring (bicyclic) bond motifs is 3. The van der Waals surface area contributed by atoms with E-state index in [2.05, 4.69) is 10.6 Å². The molecule has 1 saturated heterocycles. The largest absolute Gasteiger partial charge is 0.480 e. The molecule has 2 aliphatic rings. The molecular formula is C28H32N2O10. The summed E-state index contributed by atoms with van der Waals surface area (Å²) >= 11 is 0. The van der Waals surface area contributed by atoms with Gasteiger partial charge in [0.2, 0.25) is 5.91 Å². The minimum absolute atomic E-state index is 0.0320. The molecule has 214 valence electrons. The van der Waals surface area contributed by atoms with Crippen LogP contribution >= 0.6 is 0 Å². The summed E-state index contributed by atoms with van der Waals surface area (Å²) in [4.78, 5) is 48.2. The van der Waals surface area contributed by atoms with E-state index in [-0.39, 0.29) is 19.1 Å². The molecule has 4 rings (SSSR count). The van der Waals surface area contributed by atoms with Gasteiger partial charge in [-0.3, -0.25) is 9.59 Å². The fourth-order valence-electron chi connectivity index (χ4n) is 4.99. The number of carbonyl (C=O) groups is 4. The Morgan fingerprint density at radius 2 is 1.52 bits per heavy atom. The molecule has 0 spiro atoms. The topological polar surface area (TPSA) is 181 Å². The first-order valence-electron chi connectivity index (χ1n) is 12.9. The van der Waals surface area contributed by atoms with Gasteiger partial charge in [0.05, 0.1) is 12.5 Å². The van der Waals surface area contributed by atoms with E-state index < -0.39 is 66.9 Å². The summed E-state index contributed by atoms with van der Waals surface area (Å²) < 4.78 is 15.8. The summed E-state index contributed by atoms with van der Waals surface area (Å²) in [5.41, 5.74) is 4.07. The van der Waals surface area contributed by atoms with Gasteiger partial charge >= 0.3 is 18.0 Å². The van der Waals surface area contributed by atoms with Crippen LogP contribution in [0.2, 0.25) is 0 Å². The molecule has 0 aromatic heterocycles. The molecule has 1 aliphatic carbocycles. The van der Waals surface area contributed by atoms with Crippen LogP contribution in [0.25, 0.3) is 11.1 Å². The smallest absolute Gasteiger partial charge is 0.407 e. The van der Waals surface area contributed by atoms with E-state index in [1.807, 2.05) is 48.5 Å². The summed E-state index contributed by atoms with van der Waals surface area (Å²) in [5.74, 6) is -3.86. The summed E-state index contributed by atoms with van der Waals surface area (Å²) in [7, 11) is 0. The van der Waals surface area contributed by atoms with Crippen LogP contribution in [-0.4, -0.2) is 83.1 Å². The molecule has 5 N–H and O–H groups in total. The van der Waals surface area contributed by atoms with E-state index in [1.165, 1.54) is 13.8 Å². The van der Waals surface area contributed by atoms with Gasteiger partial charge in [-0.15, -0.1) is 0 Å². The first-order chi connectivity index (χ1) is 19.1. The summed E-state index contributed by atoms with van der Waals surface area (Å²) in [5, 5.41) is 34.8. The van der Waals surface area contributed by atoms with E-state index in [1.54, 1.807) is 0 Å². The molecule has 2 amide bonds. The van der Waals surface area contributed by atoms with Crippen molar-refractivity contribution in [1.29, 1.82) is 0 Å². The Kier molecular flexibility index (Phi) is 9.03. The number of esters is 1. The van der Waals surface area contributed by atoms with Gasteiger partial charge < -0.3 is 40.2 Å². The molecule has 12 nitrogen and oxygen atoms in total. The predicted octanol–water partition coefficient (Wildman–Crippen LogP) is 1.13. The zero-order valence-electron chi connectivity index (χ0n) is 22.0. The Balaban J connectivity index is 1.33. The fourth-order valence-corrected chi connectivity index (χ4v) is 4.99. The minimum Gasteiger partial charge on any atom is -0.480 e. The van der Waals surface area contributed by atoms with Gasteiger partial charge in [0.25, 0.3) is 0 Å². The third kappa shape index (κ3) is 6.41. The summed E-state index contributed by atoms with van der Waals surface area (Å²) in [6.07, 6.45) is -6.56. The third-order valence-electron chi connectivity index (χ3n) is 7.15. The number of ether oxygens (including phenoxy) is 3. The number of aliphatic hydroxyl groups is 2. The van der Waals surface area contributed by atoms with Gasteiger partial charge in [-0.1, -0.05) is 55.5 Å². The van der Waals surface area contributed by atoms with E-state index in [0.717, 1.165) is 22.3 Å². The van der Waals surface area contributed by atoms with Crippen LogP contribution in [0.4, 0.5) is 4.79 Å². The highest BCUT2D eigenvalue weighted by Crippen LogP contribution is 2.44. The quantitative estimate of drug-likeness (QED) is 0.281. The summed E-state index contributed by atoms with van der Waals surface area (Å²) in [6, 6.07) is 13.9. The third-order valence-corrected chi connectivity index (χ3v) is 7.15. The van der Waals surface area contributed by atoms with Crippen molar-refractivity contribution >= 4 is 23.9 Å². The van der Waals surface area contributed by atoms with Gasteiger partial charge in [0.1, 0.15) is 37.7 Å². The molecule has 0 bridgehead atoms. The normalized spacial score (nSPS) is 24.2. The van der Waals surface area contributed by atoms with E-state index >= 15 is 0 Å². The van der Waals surface area contributed by atoms with E-state index in [9.17, 15) is 34.5 Å². The number of rotatable bonds is 9. The zero-order chi connectivity index (χ0) is 29.0. The van der Waals surface area contributed by atoms with Crippen LogP contribution in [0.1, 0.15) is 37.3 Å². The Morgan fingerprint density at radius 3 is 2.10 bits per heavy atom. The molecule has 0 saturated carbocycles. The molecule has 12 heteroatoms. The van der Waals surface area contributed by atoms with Gasteiger partial charge in [0, 0.05) is 18.8 Å². The highest BCUT2D eigenvalue weighted by molar-refractivity contribution is 5.87. The number of carbonyl (C=O) groups excluding carboxylic acids is 3. The highest BCUT2D eigenvalue weighted by Gasteiger charge is 2.43. The fraction of sp³-hybridized carbons (Fsp3) is 0.429. The Bertz CT molecular complexity index is 1220. The van der Waals surface area contributed by atoms with Crippen molar-refractivity contribution < 1.29 is 48.7 Å². The predicted molar refractivity (Wildman–Crippen MR) is 139 cm³/mol. The summed E-state index contributed by atoms with van der Waals surface area (Å²) in [6.45, 7) is 2.30. The van der Waals surface area contributed by atoms with Crippen molar-refractivity contribution in [3.05, 3.63) is 59.7 Å². The number of carboxylic acids is 1. The van der Waals surface area contributed by atoms with Crippen LogP contribution in [0.3, 0.4) is 0 Å². The van der Waals surface area contributed by atoms with Crippen molar-refractivity contribution in [2.75, 3.05) is 13.2 Å². The lowest BCUT2D eigenvalue weighted by Crippen LogP contribution is -2.60. The lowest BCUT2D eigenvalue weighted by atomic mass is 9.91. The number of hydrogen-bond donors (Lipinski definition) is 5. The molecule has 6 atom stereocenters. The van der Waals surface area contributed by atoms with Crippen LogP contribution in [-0.2, 0) is 28.6 Å². The number of amides is 2. The number of aliphatic hydroxyl groups excluding tert-OH is 2. The van der Waals surface area contributed by atoms with Gasteiger partial charge in [-0.05, 0) is 22.3 Å². The number of alkyl carbamates (subject to hydrolysis) is 1. The van der Waals surface area contributed by atoms with Gasteiger partial charge in [-0.2, -0.15) is 0 Å².